The van der Waals surface area contributed by atoms with Gasteiger partial charge in [0.25, 0.3) is 0 Å². The van der Waals surface area contributed by atoms with Crippen LogP contribution in [0.25, 0.3) is 0 Å². The summed E-state index contributed by atoms with van der Waals surface area (Å²) >= 11 is 0. The van der Waals surface area contributed by atoms with E-state index in [1.54, 1.807) is 0 Å². The second-order valence-electron chi connectivity index (χ2n) is 7.29. The first-order chi connectivity index (χ1) is 11.7. The van der Waals surface area contributed by atoms with E-state index < -0.39 is 6.16 Å². The average molecular weight is 343 g/mol. The molecule has 0 rings (SSSR count). The number of ether oxygens (including phenoxy) is 1. The van der Waals surface area contributed by atoms with Gasteiger partial charge in [-0.1, -0.05) is 103 Å². The van der Waals surface area contributed by atoms with Crippen molar-refractivity contribution < 1.29 is 14.6 Å². The molecule has 0 fully saturated rings. The maximum atomic E-state index is 10.4. The molecule has 0 saturated heterocycles. The number of hydrogen-bond donors (Lipinski definition) is 1. The minimum absolute atomic E-state index is 0.158. The third kappa shape index (κ3) is 19.3. The van der Waals surface area contributed by atoms with E-state index in [-0.39, 0.29) is 6.10 Å². The molecular formula is C21H42O3. The predicted octanol–water partition coefficient (Wildman–Crippen LogP) is 7.72. The van der Waals surface area contributed by atoms with E-state index in [9.17, 15) is 4.79 Å². The van der Waals surface area contributed by atoms with Crippen LogP contribution >= 0.6 is 0 Å². The van der Waals surface area contributed by atoms with Crippen molar-refractivity contribution in [3.05, 3.63) is 0 Å². The van der Waals surface area contributed by atoms with Gasteiger partial charge in [0.05, 0.1) is 0 Å². The van der Waals surface area contributed by atoms with Gasteiger partial charge in [-0.2, -0.15) is 0 Å². The first kappa shape index (κ1) is 23.3. The lowest BCUT2D eigenvalue weighted by Gasteiger charge is -2.09. The second-order valence-corrected chi connectivity index (χ2v) is 7.29. The van der Waals surface area contributed by atoms with Gasteiger partial charge < -0.3 is 9.84 Å². The molecule has 24 heavy (non-hydrogen) atoms. The van der Waals surface area contributed by atoms with Crippen molar-refractivity contribution in [3.8, 4) is 0 Å². The maximum absolute atomic E-state index is 10.4. The van der Waals surface area contributed by atoms with Crippen LogP contribution in [0.4, 0.5) is 4.79 Å². The lowest BCUT2D eigenvalue weighted by Crippen LogP contribution is -2.12. The largest absolute Gasteiger partial charge is 0.506 e. The smallest absolute Gasteiger partial charge is 0.450 e. The van der Waals surface area contributed by atoms with Gasteiger partial charge in [0.15, 0.2) is 0 Å². The van der Waals surface area contributed by atoms with Gasteiger partial charge in [0, 0.05) is 0 Å². The molecule has 0 heterocycles. The molecule has 0 radical (unpaired) electrons. The minimum atomic E-state index is -1.15. The van der Waals surface area contributed by atoms with E-state index in [1.165, 1.54) is 96.3 Å². The molecule has 1 N–H and O–H groups in total. The topological polar surface area (TPSA) is 46.5 Å². The zero-order valence-electron chi connectivity index (χ0n) is 16.4. The Morgan fingerprint density at radius 3 is 1.38 bits per heavy atom. The van der Waals surface area contributed by atoms with E-state index in [0.717, 1.165) is 12.8 Å². The van der Waals surface area contributed by atoms with Crippen LogP contribution in [0.15, 0.2) is 0 Å². The molecule has 0 aromatic rings. The molecule has 3 heteroatoms. The Kier molecular flexibility index (Phi) is 18.0. The monoisotopic (exact) mass is 342 g/mol. The Morgan fingerprint density at radius 2 is 1.04 bits per heavy atom. The van der Waals surface area contributed by atoms with Crippen LogP contribution < -0.4 is 0 Å². The van der Waals surface area contributed by atoms with E-state index >= 15 is 0 Å². The standard InChI is InChI=1S/C21H42O3/c1-3-4-5-6-7-8-9-10-11-12-13-14-15-16-17-18-19-20(2)24-21(22)23/h20H,3-19H2,1-2H3,(H,22,23). The number of carbonyl (C=O) groups is 1. The fourth-order valence-electron chi connectivity index (χ4n) is 3.21. The molecule has 1 unspecified atom stereocenters. The highest BCUT2D eigenvalue weighted by atomic mass is 16.7. The fourth-order valence-corrected chi connectivity index (χ4v) is 3.21. The quantitative estimate of drug-likeness (QED) is 0.205. The zero-order chi connectivity index (χ0) is 17.9. The molecule has 0 aromatic carbocycles. The SMILES string of the molecule is CCCCCCCCCCCCCCCCCCC(C)OC(=O)O. The van der Waals surface area contributed by atoms with E-state index in [4.69, 9.17) is 9.84 Å². The van der Waals surface area contributed by atoms with E-state index in [1.807, 2.05) is 6.92 Å². The Labute approximate surface area is 150 Å². The number of carboxylic acid groups (broad SMARTS) is 1. The Balaban J connectivity index is 3.06. The van der Waals surface area contributed by atoms with Crippen LogP contribution in [-0.4, -0.2) is 17.4 Å². The molecule has 0 amide bonds. The highest BCUT2D eigenvalue weighted by Crippen LogP contribution is 2.14. The van der Waals surface area contributed by atoms with Crippen LogP contribution in [0.2, 0.25) is 0 Å². The van der Waals surface area contributed by atoms with Crippen LogP contribution in [-0.2, 0) is 4.74 Å². The molecular weight excluding hydrogens is 300 g/mol. The van der Waals surface area contributed by atoms with Crippen molar-refractivity contribution in [3.63, 3.8) is 0 Å². The van der Waals surface area contributed by atoms with Gasteiger partial charge in [0.1, 0.15) is 6.10 Å². The van der Waals surface area contributed by atoms with Crippen molar-refractivity contribution in [1.29, 1.82) is 0 Å². The average Bonchev–Trinajstić information content (AvgIpc) is 2.53. The normalized spacial score (nSPS) is 12.2. The van der Waals surface area contributed by atoms with Gasteiger partial charge in [-0.3, -0.25) is 0 Å². The summed E-state index contributed by atoms with van der Waals surface area (Å²) in [6, 6.07) is 0. The first-order valence-corrected chi connectivity index (χ1v) is 10.6. The van der Waals surface area contributed by atoms with Crippen molar-refractivity contribution >= 4 is 6.16 Å². The van der Waals surface area contributed by atoms with E-state index in [0.29, 0.717) is 0 Å². The van der Waals surface area contributed by atoms with Crippen LogP contribution in [0.1, 0.15) is 123 Å². The zero-order valence-corrected chi connectivity index (χ0v) is 16.4. The van der Waals surface area contributed by atoms with Gasteiger partial charge in [-0.15, -0.1) is 0 Å². The summed E-state index contributed by atoms with van der Waals surface area (Å²) in [5.74, 6) is 0. The van der Waals surface area contributed by atoms with Gasteiger partial charge in [-0.25, -0.2) is 4.79 Å². The first-order valence-electron chi connectivity index (χ1n) is 10.6. The Hall–Kier alpha value is -0.730. The van der Waals surface area contributed by atoms with Crippen LogP contribution in [0.5, 0.6) is 0 Å². The van der Waals surface area contributed by atoms with Gasteiger partial charge in [-0.05, 0) is 19.8 Å². The highest BCUT2D eigenvalue weighted by molar-refractivity contribution is 5.56. The molecule has 144 valence electrons. The third-order valence-corrected chi connectivity index (χ3v) is 4.77. The maximum Gasteiger partial charge on any atom is 0.506 e. The second kappa shape index (κ2) is 18.6. The fraction of sp³-hybridized carbons (Fsp3) is 0.952. The molecule has 0 aliphatic heterocycles. The van der Waals surface area contributed by atoms with Crippen molar-refractivity contribution in [2.45, 2.75) is 129 Å². The molecule has 3 nitrogen and oxygen atoms in total. The number of hydrogen-bond acceptors (Lipinski definition) is 2. The molecule has 0 spiro atoms. The lowest BCUT2D eigenvalue weighted by molar-refractivity contribution is 0.0548. The molecule has 0 aromatic heterocycles. The molecule has 0 aliphatic rings. The molecule has 1 atom stereocenters. The van der Waals surface area contributed by atoms with Crippen LogP contribution in [0, 0.1) is 0 Å². The third-order valence-electron chi connectivity index (χ3n) is 4.77. The van der Waals surface area contributed by atoms with Crippen LogP contribution in [0.3, 0.4) is 0 Å². The van der Waals surface area contributed by atoms with Crippen molar-refractivity contribution in [1.82, 2.24) is 0 Å². The summed E-state index contributed by atoms with van der Waals surface area (Å²) in [5.41, 5.74) is 0. The van der Waals surface area contributed by atoms with Crippen molar-refractivity contribution in [2.75, 3.05) is 0 Å². The predicted molar refractivity (Wildman–Crippen MR) is 103 cm³/mol. The number of rotatable bonds is 18. The number of unbranched alkanes of at least 4 members (excludes halogenated alkanes) is 15. The van der Waals surface area contributed by atoms with Gasteiger partial charge in [0.2, 0.25) is 0 Å². The summed E-state index contributed by atoms with van der Waals surface area (Å²) in [4.78, 5) is 10.4. The Morgan fingerprint density at radius 1 is 0.708 bits per heavy atom. The highest BCUT2D eigenvalue weighted by Gasteiger charge is 2.06. The molecule has 0 bridgehead atoms. The summed E-state index contributed by atoms with van der Waals surface area (Å²) in [6.07, 6.45) is 21.3. The Bertz CT molecular complexity index is 266. The summed E-state index contributed by atoms with van der Waals surface area (Å²) in [7, 11) is 0. The van der Waals surface area contributed by atoms with E-state index in [2.05, 4.69) is 6.92 Å². The van der Waals surface area contributed by atoms with Crippen molar-refractivity contribution in [2.24, 2.45) is 0 Å². The van der Waals surface area contributed by atoms with Gasteiger partial charge >= 0.3 is 6.16 Å². The summed E-state index contributed by atoms with van der Waals surface area (Å²) in [6.45, 7) is 4.11. The molecule has 0 saturated carbocycles. The lowest BCUT2D eigenvalue weighted by atomic mass is 10.0. The minimum Gasteiger partial charge on any atom is -0.450 e. The molecule has 0 aliphatic carbocycles. The summed E-state index contributed by atoms with van der Waals surface area (Å²) < 4.78 is 4.69. The summed E-state index contributed by atoms with van der Waals surface area (Å²) in [5, 5.41) is 8.50.